The molecule has 0 spiro atoms. The largest absolute Gasteiger partial charge is 0.378 e. The molecular weight excluding hydrogens is 444 g/mol. The third-order valence-corrected chi connectivity index (χ3v) is 7.50. The fraction of sp³-hybridized carbons (Fsp3) is 0.348. The van der Waals surface area contributed by atoms with Crippen LogP contribution < -0.4 is 15.8 Å². The number of hydrogen-bond acceptors (Lipinski definition) is 7. The Morgan fingerprint density at radius 3 is 2.69 bits per heavy atom. The lowest BCUT2D eigenvalue weighted by Crippen LogP contribution is -2.36. The standard InChI is InChI=1S/C23H26N4O3S2/c1-4-9-27-22(29)20-15(2)16(3)32-21(20)25-23(27)31-14-19(28)24-17-5-7-18(8-6-17)26-10-12-30-13-11-26/h4-8H,1,9-14H2,2-3H3,(H,24,28). The van der Waals surface area contributed by atoms with Crippen LogP contribution in [0.1, 0.15) is 10.4 Å². The van der Waals surface area contributed by atoms with Gasteiger partial charge in [0.1, 0.15) is 4.83 Å². The maximum Gasteiger partial charge on any atom is 0.263 e. The topological polar surface area (TPSA) is 76.5 Å². The van der Waals surface area contributed by atoms with Gasteiger partial charge in [0.25, 0.3) is 5.56 Å². The van der Waals surface area contributed by atoms with Crippen LogP contribution in [-0.4, -0.2) is 47.5 Å². The van der Waals surface area contributed by atoms with Gasteiger partial charge < -0.3 is 15.0 Å². The number of benzene rings is 1. The average Bonchev–Trinajstić information content (AvgIpc) is 3.09. The van der Waals surface area contributed by atoms with Crippen molar-refractivity contribution in [2.75, 3.05) is 42.3 Å². The molecular formula is C23H26N4O3S2. The zero-order chi connectivity index (χ0) is 22.7. The van der Waals surface area contributed by atoms with Crippen LogP contribution in [0, 0.1) is 13.8 Å². The van der Waals surface area contributed by atoms with E-state index in [0.717, 1.165) is 48.1 Å². The van der Waals surface area contributed by atoms with Crippen LogP contribution in [0.4, 0.5) is 11.4 Å². The Morgan fingerprint density at radius 1 is 1.28 bits per heavy atom. The number of aromatic nitrogens is 2. The summed E-state index contributed by atoms with van der Waals surface area (Å²) in [5.41, 5.74) is 2.74. The van der Waals surface area contributed by atoms with E-state index in [4.69, 9.17) is 4.74 Å². The molecule has 2 aromatic heterocycles. The number of carbonyl (C=O) groups is 1. The normalized spacial score (nSPS) is 14.0. The molecule has 0 bridgehead atoms. The van der Waals surface area contributed by atoms with Crippen LogP contribution in [0.3, 0.4) is 0 Å². The van der Waals surface area contributed by atoms with Gasteiger partial charge in [0.05, 0.1) is 24.4 Å². The molecule has 0 aliphatic carbocycles. The van der Waals surface area contributed by atoms with E-state index in [1.165, 1.54) is 23.1 Å². The molecule has 3 aromatic rings. The molecule has 7 nitrogen and oxygen atoms in total. The number of morpholine rings is 1. The van der Waals surface area contributed by atoms with Gasteiger partial charge in [0, 0.05) is 35.9 Å². The average molecular weight is 471 g/mol. The number of thioether (sulfide) groups is 1. The van der Waals surface area contributed by atoms with Crippen molar-refractivity contribution in [1.29, 1.82) is 0 Å². The van der Waals surface area contributed by atoms with E-state index in [2.05, 4.69) is 21.8 Å². The van der Waals surface area contributed by atoms with Gasteiger partial charge >= 0.3 is 0 Å². The molecule has 0 radical (unpaired) electrons. The summed E-state index contributed by atoms with van der Waals surface area (Å²) >= 11 is 2.77. The van der Waals surface area contributed by atoms with Crippen molar-refractivity contribution in [3.05, 3.63) is 57.7 Å². The summed E-state index contributed by atoms with van der Waals surface area (Å²) in [4.78, 5) is 34.3. The lowest BCUT2D eigenvalue weighted by atomic mass is 10.2. The number of nitrogens with one attached hydrogen (secondary N) is 1. The lowest BCUT2D eigenvalue weighted by Gasteiger charge is -2.28. The van der Waals surface area contributed by atoms with Crippen LogP contribution in [0.15, 0.2) is 46.9 Å². The molecule has 1 saturated heterocycles. The van der Waals surface area contributed by atoms with Gasteiger partial charge in [0.15, 0.2) is 5.16 Å². The quantitative estimate of drug-likeness (QED) is 0.321. The molecule has 0 atom stereocenters. The molecule has 1 aliphatic heterocycles. The van der Waals surface area contributed by atoms with E-state index < -0.39 is 0 Å². The first-order chi connectivity index (χ1) is 15.5. The van der Waals surface area contributed by atoms with Crippen molar-refractivity contribution >= 4 is 50.6 Å². The second-order valence-electron chi connectivity index (χ2n) is 7.55. The number of aryl methyl sites for hydroxylation is 2. The smallest absolute Gasteiger partial charge is 0.263 e. The van der Waals surface area contributed by atoms with E-state index in [1.807, 2.05) is 38.1 Å². The Kier molecular flexibility index (Phi) is 6.98. The van der Waals surface area contributed by atoms with E-state index in [0.29, 0.717) is 21.9 Å². The first kappa shape index (κ1) is 22.6. The minimum absolute atomic E-state index is 0.0849. The van der Waals surface area contributed by atoms with Crippen LogP contribution in [0.5, 0.6) is 0 Å². The number of rotatable bonds is 7. The summed E-state index contributed by atoms with van der Waals surface area (Å²) in [5, 5.41) is 4.11. The first-order valence-corrected chi connectivity index (χ1v) is 12.2. The molecule has 1 amide bonds. The number of allylic oxidation sites excluding steroid dienone is 1. The summed E-state index contributed by atoms with van der Waals surface area (Å²) in [5.74, 6) is 0.0102. The Balaban J connectivity index is 1.45. The Labute approximate surface area is 195 Å². The highest BCUT2D eigenvalue weighted by Gasteiger charge is 2.17. The monoisotopic (exact) mass is 470 g/mol. The van der Waals surface area contributed by atoms with Gasteiger partial charge in [0.2, 0.25) is 5.91 Å². The van der Waals surface area contributed by atoms with Crippen LogP contribution in [0.2, 0.25) is 0 Å². The SMILES string of the molecule is C=CCn1c(SCC(=O)Nc2ccc(N3CCOCC3)cc2)nc2sc(C)c(C)c2c1=O. The third-order valence-electron chi connectivity index (χ3n) is 5.43. The van der Waals surface area contributed by atoms with Gasteiger partial charge in [-0.15, -0.1) is 17.9 Å². The van der Waals surface area contributed by atoms with Gasteiger partial charge in [-0.3, -0.25) is 14.2 Å². The van der Waals surface area contributed by atoms with Gasteiger partial charge in [-0.25, -0.2) is 4.98 Å². The minimum Gasteiger partial charge on any atom is -0.378 e. The highest BCUT2D eigenvalue weighted by atomic mass is 32.2. The molecule has 1 N–H and O–H groups in total. The summed E-state index contributed by atoms with van der Waals surface area (Å²) in [6.07, 6.45) is 1.67. The van der Waals surface area contributed by atoms with Crippen molar-refractivity contribution in [2.24, 2.45) is 0 Å². The number of hydrogen-bond donors (Lipinski definition) is 1. The number of amides is 1. The van der Waals surface area contributed by atoms with Crippen molar-refractivity contribution in [1.82, 2.24) is 9.55 Å². The molecule has 4 rings (SSSR count). The van der Waals surface area contributed by atoms with Crippen LogP contribution >= 0.6 is 23.1 Å². The second-order valence-corrected chi connectivity index (χ2v) is 9.69. The van der Waals surface area contributed by atoms with Gasteiger partial charge in [-0.2, -0.15) is 0 Å². The molecule has 1 aliphatic rings. The Morgan fingerprint density at radius 2 is 2.00 bits per heavy atom. The Hall–Kier alpha value is -2.62. The van der Waals surface area contributed by atoms with E-state index in [-0.39, 0.29) is 17.2 Å². The van der Waals surface area contributed by atoms with Crippen molar-refractivity contribution in [2.45, 2.75) is 25.5 Å². The molecule has 168 valence electrons. The summed E-state index contributed by atoms with van der Waals surface area (Å²) in [6, 6.07) is 7.82. The van der Waals surface area contributed by atoms with Gasteiger partial charge in [-0.05, 0) is 43.7 Å². The number of fused-ring (bicyclic) bond motifs is 1. The maximum absolute atomic E-state index is 13.0. The molecule has 3 heterocycles. The van der Waals surface area contributed by atoms with Crippen molar-refractivity contribution in [3.63, 3.8) is 0 Å². The van der Waals surface area contributed by atoms with E-state index in [9.17, 15) is 9.59 Å². The molecule has 32 heavy (non-hydrogen) atoms. The summed E-state index contributed by atoms with van der Waals surface area (Å²) in [7, 11) is 0. The first-order valence-electron chi connectivity index (χ1n) is 10.4. The third kappa shape index (κ3) is 4.74. The highest BCUT2D eigenvalue weighted by molar-refractivity contribution is 7.99. The summed E-state index contributed by atoms with van der Waals surface area (Å²) in [6.45, 7) is 11.2. The van der Waals surface area contributed by atoms with Gasteiger partial charge in [-0.1, -0.05) is 17.8 Å². The number of thiophene rings is 1. The number of anilines is 2. The van der Waals surface area contributed by atoms with Crippen molar-refractivity contribution in [3.8, 4) is 0 Å². The number of carbonyl (C=O) groups excluding carboxylic acids is 1. The lowest BCUT2D eigenvalue weighted by molar-refractivity contribution is -0.113. The predicted octanol–water partition coefficient (Wildman–Crippen LogP) is 3.83. The molecule has 1 fully saturated rings. The molecule has 0 saturated carbocycles. The van der Waals surface area contributed by atoms with Crippen LogP contribution in [0.25, 0.3) is 10.2 Å². The number of ether oxygens (including phenoxy) is 1. The fourth-order valence-corrected chi connectivity index (χ4v) is 5.49. The van der Waals surface area contributed by atoms with Crippen molar-refractivity contribution < 1.29 is 9.53 Å². The zero-order valence-corrected chi connectivity index (χ0v) is 19.9. The minimum atomic E-state index is -0.146. The molecule has 1 aromatic carbocycles. The van der Waals surface area contributed by atoms with Crippen LogP contribution in [-0.2, 0) is 16.1 Å². The maximum atomic E-state index is 13.0. The Bertz CT molecular complexity index is 1190. The molecule has 0 unspecified atom stereocenters. The van der Waals surface area contributed by atoms with E-state index >= 15 is 0 Å². The second kappa shape index (κ2) is 9.89. The highest BCUT2D eigenvalue weighted by Crippen LogP contribution is 2.28. The fourth-order valence-electron chi connectivity index (χ4n) is 3.61. The molecule has 9 heteroatoms. The number of nitrogens with zero attached hydrogens (tertiary/aromatic N) is 3. The summed E-state index contributed by atoms with van der Waals surface area (Å²) < 4.78 is 6.98. The zero-order valence-electron chi connectivity index (χ0n) is 18.2. The predicted molar refractivity (Wildman–Crippen MR) is 132 cm³/mol. The van der Waals surface area contributed by atoms with E-state index in [1.54, 1.807) is 10.6 Å².